The highest BCUT2D eigenvalue weighted by Crippen LogP contribution is 2.23. The van der Waals surface area contributed by atoms with Gasteiger partial charge in [-0.05, 0) is 48.9 Å². The van der Waals surface area contributed by atoms with Gasteiger partial charge >= 0.3 is 0 Å². The Morgan fingerprint density at radius 1 is 1.08 bits per heavy atom. The molecule has 0 saturated heterocycles. The molecule has 6 heteroatoms. The Hall–Kier alpha value is -2.92. The van der Waals surface area contributed by atoms with Crippen LogP contribution in [-0.4, -0.2) is 15.9 Å². The maximum atomic E-state index is 12.5. The highest BCUT2D eigenvalue weighted by molar-refractivity contribution is 6.31. The standard InChI is InChI=1S/C19H17ClN4O/c1-13-16(20)6-4-7-17(13)24-19(25)14-8-10-22-18(11-14)23-12-15-5-2-3-9-21-15/h2-11H,12H2,1H3,(H,22,23)(H,24,25). The third kappa shape index (κ3) is 4.33. The first-order valence-electron chi connectivity index (χ1n) is 7.80. The second kappa shape index (κ2) is 7.77. The van der Waals surface area contributed by atoms with Gasteiger partial charge in [-0.2, -0.15) is 0 Å². The van der Waals surface area contributed by atoms with Gasteiger partial charge in [0.25, 0.3) is 5.91 Å². The Morgan fingerprint density at radius 3 is 2.76 bits per heavy atom. The molecule has 1 aromatic carbocycles. The number of benzene rings is 1. The summed E-state index contributed by atoms with van der Waals surface area (Å²) in [5.41, 5.74) is 2.93. The van der Waals surface area contributed by atoms with Crippen molar-refractivity contribution in [3.63, 3.8) is 0 Å². The van der Waals surface area contributed by atoms with Crippen molar-refractivity contribution in [3.8, 4) is 0 Å². The number of carbonyl (C=O) groups excluding carboxylic acids is 1. The molecule has 2 aromatic heterocycles. The van der Waals surface area contributed by atoms with Crippen molar-refractivity contribution in [1.82, 2.24) is 9.97 Å². The molecule has 0 aliphatic heterocycles. The van der Waals surface area contributed by atoms with Crippen molar-refractivity contribution >= 4 is 29.0 Å². The Balaban J connectivity index is 1.70. The highest BCUT2D eigenvalue weighted by atomic mass is 35.5. The minimum absolute atomic E-state index is 0.214. The first-order chi connectivity index (χ1) is 12.1. The molecule has 0 spiro atoms. The number of carbonyl (C=O) groups is 1. The Labute approximate surface area is 151 Å². The molecule has 0 unspecified atom stereocenters. The molecular weight excluding hydrogens is 336 g/mol. The molecular formula is C19H17ClN4O. The molecule has 0 atom stereocenters. The zero-order valence-corrected chi connectivity index (χ0v) is 14.4. The van der Waals surface area contributed by atoms with Crippen LogP contribution in [0, 0.1) is 6.92 Å². The van der Waals surface area contributed by atoms with E-state index in [1.807, 2.05) is 31.2 Å². The van der Waals surface area contributed by atoms with Crippen LogP contribution in [0.15, 0.2) is 60.9 Å². The summed E-state index contributed by atoms with van der Waals surface area (Å²) in [7, 11) is 0. The third-order valence-electron chi connectivity index (χ3n) is 3.71. The van der Waals surface area contributed by atoms with Gasteiger partial charge < -0.3 is 10.6 Å². The predicted molar refractivity (Wildman–Crippen MR) is 99.9 cm³/mol. The van der Waals surface area contributed by atoms with Crippen molar-refractivity contribution in [3.05, 3.63) is 82.8 Å². The fourth-order valence-electron chi connectivity index (χ4n) is 2.29. The molecule has 2 heterocycles. The number of amides is 1. The number of halogens is 1. The van der Waals surface area contributed by atoms with E-state index < -0.39 is 0 Å². The van der Waals surface area contributed by atoms with Gasteiger partial charge in [0, 0.05) is 28.7 Å². The summed E-state index contributed by atoms with van der Waals surface area (Å²) in [6.45, 7) is 2.40. The maximum Gasteiger partial charge on any atom is 0.255 e. The summed E-state index contributed by atoms with van der Waals surface area (Å²) < 4.78 is 0. The van der Waals surface area contributed by atoms with E-state index >= 15 is 0 Å². The van der Waals surface area contributed by atoms with Crippen LogP contribution in [0.5, 0.6) is 0 Å². The van der Waals surface area contributed by atoms with E-state index in [-0.39, 0.29) is 5.91 Å². The molecule has 3 rings (SSSR count). The third-order valence-corrected chi connectivity index (χ3v) is 4.12. The number of nitrogens with zero attached hydrogens (tertiary/aromatic N) is 2. The maximum absolute atomic E-state index is 12.5. The van der Waals surface area contributed by atoms with Gasteiger partial charge in [0.2, 0.25) is 0 Å². The second-order valence-electron chi connectivity index (χ2n) is 5.47. The summed E-state index contributed by atoms with van der Waals surface area (Å²) >= 11 is 6.09. The number of pyridine rings is 2. The molecule has 2 N–H and O–H groups in total. The van der Waals surface area contributed by atoms with Crippen LogP contribution < -0.4 is 10.6 Å². The lowest BCUT2D eigenvalue weighted by atomic mass is 10.2. The van der Waals surface area contributed by atoms with E-state index in [4.69, 9.17) is 11.6 Å². The van der Waals surface area contributed by atoms with Gasteiger partial charge in [-0.25, -0.2) is 4.98 Å². The molecule has 25 heavy (non-hydrogen) atoms. The average molecular weight is 353 g/mol. The Kier molecular flexibility index (Phi) is 5.26. The Morgan fingerprint density at radius 2 is 1.96 bits per heavy atom. The Bertz CT molecular complexity index is 884. The summed E-state index contributed by atoms with van der Waals surface area (Å²) in [5, 5.41) is 6.66. The van der Waals surface area contributed by atoms with E-state index in [0.717, 1.165) is 11.3 Å². The van der Waals surface area contributed by atoms with Crippen LogP contribution in [0.2, 0.25) is 5.02 Å². The van der Waals surface area contributed by atoms with Crippen LogP contribution in [0.3, 0.4) is 0 Å². The van der Waals surface area contributed by atoms with Crippen LogP contribution >= 0.6 is 11.6 Å². The van der Waals surface area contributed by atoms with E-state index in [1.165, 1.54) is 0 Å². The zero-order valence-electron chi connectivity index (χ0n) is 13.7. The van der Waals surface area contributed by atoms with Crippen LogP contribution in [0.4, 0.5) is 11.5 Å². The van der Waals surface area contributed by atoms with Gasteiger partial charge in [-0.3, -0.25) is 9.78 Å². The first-order valence-corrected chi connectivity index (χ1v) is 8.17. The van der Waals surface area contributed by atoms with Crippen molar-refractivity contribution in [2.75, 3.05) is 10.6 Å². The van der Waals surface area contributed by atoms with Crippen molar-refractivity contribution in [2.45, 2.75) is 13.5 Å². The molecule has 0 bridgehead atoms. The SMILES string of the molecule is Cc1c(Cl)cccc1NC(=O)c1ccnc(NCc2ccccn2)c1. The van der Waals surface area contributed by atoms with Crippen LogP contribution in [0.1, 0.15) is 21.6 Å². The normalized spacial score (nSPS) is 10.3. The van der Waals surface area contributed by atoms with E-state index in [2.05, 4.69) is 20.6 Å². The second-order valence-corrected chi connectivity index (χ2v) is 5.88. The van der Waals surface area contributed by atoms with Gasteiger partial charge in [-0.15, -0.1) is 0 Å². The number of aromatic nitrogens is 2. The fraction of sp³-hybridized carbons (Fsp3) is 0.105. The van der Waals surface area contributed by atoms with E-state index in [9.17, 15) is 4.79 Å². The minimum Gasteiger partial charge on any atom is -0.364 e. The molecule has 1 amide bonds. The van der Waals surface area contributed by atoms with Crippen LogP contribution in [0.25, 0.3) is 0 Å². The number of hydrogen-bond donors (Lipinski definition) is 2. The number of nitrogens with one attached hydrogen (secondary N) is 2. The first kappa shape index (κ1) is 16.9. The predicted octanol–water partition coefficient (Wildman–Crippen LogP) is 4.30. The monoisotopic (exact) mass is 352 g/mol. The van der Waals surface area contributed by atoms with E-state index in [1.54, 1.807) is 36.7 Å². The van der Waals surface area contributed by atoms with Crippen molar-refractivity contribution in [2.24, 2.45) is 0 Å². The molecule has 5 nitrogen and oxygen atoms in total. The van der Waals surface area contributed by atoms with Gasteiger partial charge in [0.15, 0.2) is 0 Å². The molecule has 0 fully saturated rings. The molecule has 126 valence electrons. The average Bonchev–Trinajstić information content (AvgIpc) is 2.65. The lowest BCUT2D eigenvalue weighted by molar-refractivity contribution is 0.102. The van der Waals surface area contributed by atoms with Gasteiger partial charge in [0.05, 0.1) is 12.2 Å². The highest BCUT2D eigenvalue weighted by Gasteiger charge is 2.10. The molecule has 0 aliphatic carbocycles. The lowest BCUT2D eigenvalue weighted by Gasteiger charge is -2.10. The number of rotatable bonds is 5. The fourth-order valence-corrected chi connectivity index (χ4v) is 2.46. The molecule has 3 aromatic rings. The van der Waals surface area contributed by atoms with Gasteiger partial charge in [0.1, 0.15) is 5.82 Å². The molecule has 0 saturated carbocycles. The van der Waals surface area contributed by atoms with Crippen molar-refractivity contribution < 1.29 is 4.79 Å². The van der Waals surface area contributed by atoms with Crippen molar-refractivity contribution in [1.29, 1.82) is 0 Å². The summed E-state index contributed by atoms with van der Waals surface area (Å²) in [6.07, 6.45) is 3.34. The minimum atomic E-state index is -0.214. The van der Waals surface area contributed by atoms with Crippen LogP contribution in [-0.2, 0) is 6.54 Å². The molecule has 0 radical (unpaired) electrons. The van der Waals surface area contributed by atoms with Gasteiger partial charge in [-0.1, -0.05) is 23.7 Å². The zero-order chi connectivity index (χ0) is 17.6. The molecule has 0 aliphatic rings. The summed E-state index contributed by atoms with van der Waals surface area (Å²) in [4.78, 5) is 21.0. The topological polar surface area (TPSA) is 66.9 Å². The number of anilines is 2. The quantitative estimate of drug-likeness (QED) is 0.718. The largest absolute Gasteiger partial charge is 0.364 e. The van der Waals surface area contributed by atoms with E-state index in [0.29, 0.717) is 28.6 Å². The number of hydrogen-bond acceptors (Lipinski definition) is 4. The summed E-state index contributed by atoms with van der Waals surface area (Å²) in [6, 6.07) is 14.5. The lowest BCUT2D eigenvalue weighted by Crippen LogP contribution is -2.13. The smallest absolute Gasteiger partial charge is 0.255 e. The summed E-state index contributed by atoms with van der Waals surface area (Å²) in [5.74, 6) is 0.398.